The summed E-state index contributed by atoms with van der Waals surface area (Å²) in [5, 5.41) is 9.27. The van der Waals surface area contributed by atoms with E-state index in [-0.39, 0.29) is 55.0 Å². The molecule has 3 aliphatic rings. The molecule has 0 radical (unpaired) electrons. The van der Waals surface area contributed by atoms with Crippen molar-refractivity contribution in [3.8, 4) is 0 Å². The van der Waals surface area contributed by atoms with E-state index in [9.17, 15) is 53.8 Å². The minimum atomic E-state index is -6.34. The van der Waals surface area contributed by atoms with Gasteiger partial charge in [-0.25, -0.2) is 12.8 Å². The van der Waals surface area contributed by atoms with Gasteiger partial charge in [-0.1, -0.05) is 36.4 Å². The number of hydrogen-bond donors (Lipinski definition) is 1. The standard InChI is InChI=1S/C30H30F7NO5S/c31-28(29(32,33)34,30(35,36)37)23-12-10-22(11-13-23)27(44(42,43)24-3-1-2-21(16-24)18-4-5-18)14-15-38(17-27)25(39)19-6-8-20(9-7-19)26(40)41/h1-3,10-13,16,18-20H,4-9,14-15,17H2,(H,40,41)/t19-,20-,27?. The number of rotatable bonds is 7. The van der Waals surface area contributed by atoms with Gasteiger partial charge in [0.15, 0.2) is 9.84 Å². The molecule has 0 bridgehead atoms. The number of halogens is 7. The molecule has 44 heavy (non-hydrogen) atoms. The van der Waals surface area contributed by atoms with Crippen molar-refractivity contribution in [2.24, 2.45) is 11.8 Å². The topological polar surface area (TPSA) is 91.8 Å². The number of benzene rings is 2. The van der Waals surface area contributed by atoms with Crippen molar-refractivity contribution in [2.75, 3.05) is 13.1 Å². The van der Waals surface area contributed by atoms with Gasteiger partial charge in [0.1, 0.15) is 4.75 Å². The lowest BCUT2D eigenvalue weighted by Gasteiger charge is -2.33. The number of sulfone groups is 1. The van der Waals surface area contributed by atoms with E-state index in [4.69, 9.17) is 0 Å². The largest absolute Gasteiger partial charge is 0.481 e. The van der Waals surface area contributed by atoms with Gasteiger partial charge in [0.05, 0.1) is 10.8 Å². The Bertz CT molecular complexity index is 1510. The Morgan fingerprint density at radius 2 is 1.39 bits per heavy atom. The van der Waals surface area contributed by atoms with Crippen LogP contribution in [0.1, 0.15) is 67.6 Å². The molecule has 1 aliphatic heterocycles. The van der Waals surface area contributed by atoms with Crippen LogP contribution < -0.4 is 0 Å². The smallest absolute Gasteiger partial charge is 0.435 e. The summed E-state index contributed by atoms with van der Waals surface area (Å²) in [6.07, 6.45) is -10.1. The van der Waals surface area contributed by atoms with E-state index in [0.29, 0.717) is 12.1 Å². The van der Waals surface area contributed by atoms with Crippen molar-refractivity contribution in [2.45, 2.75) is 78.5 Å². The molecular weight excluding hydrogens is 619 g/mol. The summed E-state index contributed by atoms with van der Waals surface area (Å²) < 4.78 is 122. The summed E-state index contributed by atoms with van der Waals surface area (Å²) in [4.78, 5) is 26.0. The first-order valence-electron chi connectivity index (χ1n) is 14.2. The van der Waals surface area contributed by atoms with E-state index >= 15 is 0 Å². The highest BCUT2D eigenvalue weighted by atomic mass is 32.2. The molecule has 5 rings (SSSR count). The predicted molar refractivity (Wildman–Crippen MR) is 143 cm³/mol. The van der Waals surface area contributed by atoms with Gasteiger partial charge in [0.2, 0.25) is 5.91 Å². The molecule has 6 nitrogen and oxygen atoms in total. The molecule has 1 unspecified atom stereocenters. The van der Waals surface area contributed by atoms with E-state index in [1.54, 1.807) is 12.1 Å². The molecule has 2 saturated carbocycles. The Kier molecular flexibility index (Phi) is 8.08. The van der Waals surface area contributed by atoms with Crippen LogP contribution in [0.15, 0.2) is 53.4 Å². The average molecular weight is 650 g/mol. The van der Waals surface area contributed by atoms with Gasteiger partial charge in [0.25, 0.3) is 0 Å². The van der Waals surface area contributed by atoms with Gasteiger partial charge in [-0.05, 0) is 74.1 Å². The van der Waals surface area contributed by atoms with Crippen molar-refractivity contribution in [3.05, 3.63) is 65.2 Å². The Morgan fingerprint density at radius 1 is 0.818 bits per heavy atom. The molecule has 1 atom stereocenters. The first-order valence-corrected chi connectivity index (χ1v) is 15.7. The van der Waals surface area contributed by atoms with Crippen LogP contribution in [0.25, 0.3) is 0 Å². The number of nitrogens with zero attached hydrogens (tertiary/aromatic N) is 1. The SMILES string of the molecule is O=C(O)[C@H]1CC[C@H](C(=O)N2CCC(c3ccc(C(F)(C(F)(F)F)C(F)(F)F)cc3)(S(=O)(=O)c3cccc(C4CC4)c3)C2)CC1. The van der Waals surface area contributed by atoms with Gasteiger partial charge in [-0.2, -0.15) is 26.3 Å². The summed E-state index contributed by atoms with van der Waals surface area (Å²) >= 11 is 0. The molecular formula is C30H30F7NO5S. The molecule has 2 aromatic rings. The van der Waals surface area contributed by atoms with E-state index < -0.39 is 68.4 Å². The van der Waals surface area contributed by atoms with E-state index in [2.05, 4.69) is 0 Å². The van der Waals surface area contributed by atoms with E-state index in [1.807, 2.05) is 0 Å². The first kappa shape index (κ1) is 32.2. The Labute approximate surface area is 249 Å². The zero-order valence-electron chi connectivity index (χ0n) is 23.3. The lowest BCUT2D eigenvalue weighted by molar-refractivity contribution is -0.348. The molecule has 1 N–H and O–H groups in total. The summed E-state index contributed by atoms with van der Waals surface area (Å²) in [6.45, 7) is -0.502. The first-order chi connectivity index (χ1) is 20.4. The lowest BCUT2D eigenvalue weighted by atomic mass is 9.81. The highest BCUT2D eigenvalue weighted by Gasteiger charge is 2.73. The highest BCUT2D eigenvalue weighted by molar-refractivity contribution is 7.92. The van der Waals surface area contributed by atoms with Crippen LogP contribution in [0.4, 0.5) is 30.7 Å². The maximum Gasteiger partial charge on any atom is 0.435 e. The zero-order chi connectivity index (χ0) is 32.3. The zero-order valence-corrected chi connectivity index (χ0v) is 24.1. The third-order valence-electron chi connectivity index (χ3n) is 9.29. The molecule has 1 amide bonds. The van der Waals surface area contributed by atoms with Gasteiger partial charge in [0, 0.05) is 24.6 Å². The number of alkyl halides is 7. The van der Waals surface area contributed by atoms with Crippen molar-refractivity contribution >= 4 is 21.7 Å². The molecule has 1 heterocycles. The van der Waals surface area contributed by atoms with Crippen molar-refractivity contribution < 1.29 is 53.8 Å². The quantitative estimate of drug-likeness (QED) is 0.340. The van der Waals surface area contributed by atoms with Crippen molar-refractivity contribution in [1.29, 1.82) is 0 Å². The molecule has 0 spiro atoms. The van der Waals surface area contributed by atoms with E-state index in [0.717, 1.165) is 30.5 Å². The number of carbonyl (C=O) groups excluding carboxylic acids is 1. The minimum Gasteiger partial charge on any atom is -0.481 e. The molecule has 0 aromatic heterocycles. The molecule has 2 aromatic carbocycles. The van der Waals surface area contributed by atoms with Gasteiger partial charge < -0.3 is 10.0 Å². The predicted octanol–water partition coefficient (Wildman–Crippen LogP) is 6.65. The number of hydrogen-bond acceptors (Lipinski definition) is 4. The molecule has 3 fully saturated rings. The monoisotopic (exact) mass is 649 g/mol. The van der Waals surface area contributed by atoms with Crippen LogP contribution in [0.2, 0.25) is 0 Å². The van der Waals surface area contributed by atoms with Gasteiger partial charge >= 0.3 is 24.0 Å². The van der Waals surface area contributed by atoms with Crippen LogP contribution >= 0.6 is 0 Å². The van der Waals surface area contributed by atoms with Crippen molar-refractivity contribution in [1.82, 2.24) is 4.90 Å². The lowest BCUT2D eigenvalue weighted by Crippen LogP contribution is -2.50. The highest BCUT2D eigenvalue weighted by Crippen LogP contribution is 2.54. The second-order valence-electron chi connectivity index (χ2n) is 12.0. The summed E-state index contributed by atoms with van der Waals surface area (Å²) in [5.41, 5.74) is -6.83. The molecule has 2 aliphatic carbocycles. The van der Waals surface area contributed by atoms with Crippen LogP contribution in [0.5, 0.6) is 0 Å². The van der Waals surface area contributed by atoms with Crippen molar-refractivity contribution in [3.63, 3.8) is 0 Å². The fourth-order valence-electron chi connectivity index (χ4n) is 6.50. The Hall–Kier alpha value is -3.16. The average Bonchev–Trinajstić information content (AvgIpc) is 3.73. The Morgan fingerprint density at radius 3 is 1.91 bits per heavy atom. The number of amides is 1. The van der Waals surface area contributed by atoms with Gasteiger partial charge in [-0.3, -0.25) is 9.59 Å². The minimum absolute atomic E-state index is 0.0703. The second kappa shape index (κ2) is 11.0. The third-order valence-corrected chi connectivity index (χ3v) is 11.8. The van der Waals surface area contributed by atoms with Crippen LogP contribution in [0, 0.1) is 11.8 Å². The number of likely N-dealkylation sites (tertiary alicyclic amines) is 1. The van der Waals surface area contributed by atoms with E-state index in [1.165, 1.54) is 17.0 Å². The molecule has 1 saturated heterocycles. The van der Waals surface area contributed by atoms with Crippen LogP contribution in [-0.4, -0.2) is 55.7 Å². The fraction of sp³-hybridized carbons (Fsp3) is 0.533. The maximum absolute atomic E-state index is 14.8. The normalized spacial score (nSPS) is 25.2. The van der Waals surface area contributed by atoms with Gasteiger partial charge in [-0.15, -0.1) is 0 Å². The summed E-state index contributed by atoms with van der Waals surface area (Å²) in [6, 6.07) is 8.30. The van der Waals surface area contributed by atoms with Crippen LogP contribution in [-0.2, 0) is 29.8 Å². The summed E-state index contributed by atoms with van der Waals surface area (Å²) in [5.74, 6) is -2.34. The third kappa shape index (κ3) is 5.36. The maximum atomic E-state index is 14.8. The Balaban J connectivity index is 1.54. The molecule has 14 heteroatoms. The number of aliphatic carboxylic acids is 1. The molecule has 240 valence electrons. The summed E-state index contributed by atoms with van der Waals surface area (Å²) in [7, 11) is -4.41. The number of carboxylic acids is 1. The number of carbonyl (C=O) groups is 2. The van der Waals surface area contributed by atoms with Crippen LogP contribution in [0.3, 0.4) is 0 Å². The second-order valence-corrected chi connectivity index (χ2v) is 14.2. The number of carboxylic acid groups (broad SMARTS) is 1. The fourth-order valence-corrected chi connectivity index (χ4v) is 8.63.